The molecule has 0 spiro atoms. The summed E-state index contributed by atoms with van der Waals surface area (Å²) in [4.78, 5) is 2.48. The lowest BCUT2D eigenvalue weighted by Gasteiger charge is -2.24. The van der Waals surface area contributed by atoms with Gasteiger partial charge in [-0.1, -0.05) is 18.2 Å². The van der Waals surface area contributed by atoms with Crippen molar-refractivity contribution in [2.45, 2.75) is 38.4 Å². The largest absolute Gasteiger partial charge is 0.496 e. The zero-order valence-electron chi connectivity index (χ0n) is 11.6. The topological polar surface area (TPSA) is 24.5 Å². The minimum absolute atomic E-state index is 0.590. The Balaban J connectivity index is 1.77. The molecule has 1 aliphatic rings. The number of para-hydroxylation sites is 1. The van der Waals surface area contributed by atoms with Gasteiger partial charge in [-0.2, -0.15) is 0 Å². The molecule has 3 nitrogen and oxygen atoms in total. The van der Waals surface area contributed by atoms with Gasteiger partial charge in [-0.15, -0.1) is 0 Å². The minimum Gasteiger partial charge on any atom is -0.496 e. The summed E-state index contributed by atoms with van der Waals surface area (Å²) in [7, 11) is 3.95. The number of hydrogen-bond acceptors (Lipinski definition) is 3. The van der Waals surface area contributed by atoms with Crippen LogP contribution in [-0.2, 0) is 6.54 Å². The van der Waals surface area contributed by atoms with Crippen LogP contribution >= 0.6 is 0 Å². The average molecular weight is 248 g/mol. The van der Waals surface area contributed by atoms with E-state index in [4.69, 9.17) is 4.74 Å². The fourth-order valence-corrected chi connectivity index (χ4v) is 2.25. The monoisotopic (exact) mass is 248 g/mol. The standard InChI is InChI=1S/C15H24N2O/c1-12(17(2)14-8-9-14)10-16-11-13-6-4-5-7-15(13)18-3/h4-7,12,14,16H,8-11H2,1-3H3. The number of nitrogens with one attached hydrogen (secondary N) is 1. The van der Waals surface area contributed by atoms with Crippen molar-refractivity contribution >= 4 is 0 Å². The van der Waals surface area contributed by atoms with Crippen molar-refractivity contribution in [2.24, 2.45) is 0 Å². The zero-order valence-corrected chi connectivity index (χ0v) is 11.6. The molecule has 1 unspecified atom stereocenters. The molecule has 100 valence electrons. The molecule has 1 N–H and O–H groups in total. The number of benzene rings is 1. The number of ether oxygens (including phenoxy) is 1. The van der Waals surface area contributed by atoms with Crippen molar-refractivity contribution in [2.75, 3.05) is 20.7 Å². The van der Waals surface area contributed by atoms with Crippen molar-refractivity contribution in [3.63, 3.8) is 0 Å². The number of hydrogen-bond donors (Lipinski definition) is 1. The highest BCUT2D eigenvalue weighted by atomic mass is 16.5. The van der Waals surface area contributed by atoms with Crippen LogP contribution in [0.1, 0.15) is 25.3 Å². The van der Waals surface area contributed by atoms with E-state index in [1.54, 1.807) is 7.11 Å². The fraction of sp³-hybridized carbons (Fsp3) is 0.600. The minimum atomic E-state index is 0.590. The first kappa shape index (κ1) is 13.4. The maximum Gasteiger partial charge on any atom is 0.123 e. The predicted molar refractivity (Wildman–Crippen MR) is 74.9 cm³/mol. The van der Waals surface area contributed by atoms with Crippen molar-refractivity contribution in [1.29, 1.82) is 0 Å². The van der Waals surface area contributed by atoms with Crippen LogP contribution in [0, 0.1) is 0 Å². The van der Waals surface area contributed by atoms with Gasteiger partial charge in [0.15, 0.2) is 0 Å². The molecule has 1 saturated carbocycles. The predicted octanol–water partition coefficient (Wildman–Crippen LogP) is 2.27. The summed E-state index contributed by atoms with van der Waals surface area (Å²) >= 11 is 0. The Labute approximate surface area is 110 Å². The average Bonchev–Trinajstić information content (AvgIpc) is 3.22. The van der Waals surface area contributed by atoms with Gasteiger partial charge in [0.1, 0.15) is 5.75 Å². The van der Waals surface area contributed by atoms with E-state index in [1.807, 2.05) is 12.1 Å². The summed E-state index contributed by atoms with van der Waals surface area (Å²) in [6, 6.07) is 9.60. The molecule has 1 fully saturated rings. The van der Waals surface area contributed by atoms with E-state index in [1.165, 1.54) is 18.4 Å². The molecule has 1 atom stereocenters. The lowest BCUT2D eigenvalue weighted by atomic mass is 10.2. The Morgan fingerprint density at radius 1 is 1.39 bits per heavy atom. The highest BCUT2D eigenvalue weighted by molar-refractivity contribution is 5.32. The van der Waals surface area contributed by atoms with Crippen molar-refractivity contribution in [3.05, 3.63) is 29.8 Å². The molecule has 0 bridgehead atoms. The number of methoxy groups -OCH3 is 1. The Morgan fingerprint density at radius 2 is 2.11 bits per heavy atom. The van der Waals surface area contributed by atoms with Gasteiger partial charge < -0.3 is 10.1 Å². The molecule has 0 aromatic heterocycles. The van der Waals surface area contributed by atoms with E-state index in [9.17, 15) is 0 Å². The van der Waals surface area contributed by atoms with Gasteiger partial charge in [0.25, 0.3) is 0 Å². The summed E-state index contributed by atoms with van der Waals surface area (Å²) in [5, 5.41) is 3.52. The molecule has 1 aliphatic carbocycles. The first-order valence-corrected chi connectivity index (χ1v) is 6.77. The molecule has 18 heavy (non-hydrogen) atoms. The summed E-state index contributed by atoms with van der Waals surface area (Å²) in [6.07, 6.45) is 2.74. The van der Waals surface area contributed by atoms with Gasteiger partial charge in [-0.05, 0) is 32.9 Å². The number of nitrogens with zero attached hydrogens (tertiary/aromatic N) is 1. The first-order valence-electron chi connectivity index (χ1n) is 6.77. The lowest BCUT2D eigenvalue weighted by molar-refractivity contribution is 0.240. The molecule has 0 amide bonds. The Hall–Kier alpha value is -1.06. The van der Waals surface area contributed by atoms with Crippen LogP contribution < -0.4 is 10.1 Å². The lowest BCUT2D eigenvalue weighted by Crippen LogP contribution is -2.38. The van der Waals surface area contributed by atoms with Gasteiger partial charge in [-0.3, -0.25) is 4.90 Å². The van der Waals surface area contributed by atoms with Crippen LogP contribution in [0.2, 0.25) is 0 Å². The Kier molecular flexibility index (Phi) is 4.61. The summed E-state index contributed by atoms with van der Waals surface area (Å²) in [5.41, 5.74) is 1.22. The molecule has 2 rings (SSSR count). The molecule has 0 radical (unpaired) electrons. The summed E-state index contributed by atoms with van der Waals surface area (Å²) in [5.74, 6) is 0.966. The van der Waals surface area contributed by atoms with Crippen LogP contribution in [0.5, 0.6) is 5.75 Å². The van der Waals surface area contributed by atoms with Crippen LogP contribution in [-0.4, -0.2) is 37.7 Å². The third-order valence-electron chi connectivity index (χ3n) is 3.77. The molecular weight excluding hydrogens is 224 g/mol. The van der Waals surface area contributed by atoms with Crippen molar-refractivity contribution in [3.8, 4) is 5.75 Å². The molecule has 0 aliphatic heterocycles. The van der Waals surface area contributed by atoms with E-state index in [-0.39, 0.29) is 0 Å². The van der Waals surface area contributed by atoms with E-state index in [0.717, 1.165) is 24.9 Å². The van der Waals surface area contributed by atoms with Gasteiger partial charge in [0.05, 0.1) is 7.11 Å². The smallest absolute Gasteiger partial charge is 0.123 e. The number of likely N-dealkylation sites (N-methyl/N-ethyl adjacent to an activating group) is 1. The first-order chi connectivity index (χ1) is 8.72. The zero-order chi connectivity index (χ0) is 13.0. The highest BCUT2D eigenvalue weighted by Crippen LogP contribution is 2.26. The van der Waals surface area contributed by atoms with Gasteiger partial charge >= 0.3 is 0 Å². The van der Waals surface area contributed by atoms with E-state index in [2.05, 4.69) is 36.3 Å². The summed E-state index contributed by atoms with van der Waals surface area (Å²) in [6.45, 7) is 4.17. The van der Waals surface area contributed by atoms with Gasteiger partial charge in [0.2, 0.25) is 0 Å². The summed E-state index contributed by atoms with van der Waals surface area (Å²) < 4.78 is 5.35. The van der Waals surface area contributed by atoms with Crippen LogP contribution in [0.4, 0.5) is 0 Å². The molecule has 3 heteroatoms. The Bertz CT molecular complexity index is 377. The Morgan fingerprint density at radius 3 is 2.78 bits per heavy atom. The maximum absolute atomic E-state index is 5.35. The molecule has 1 aromatic carbocycles. The fourth-order valence-electron chi connectivity index (χ4n) is 2.25. The normalized spacial score (nSPS) is 16.9. The molecule has 0 saturated heterocycles. The maximum atomic E-state index is 5.35. The van der Waals surface area contributed by atoms with Gasteiger partial charge in [-0.25, -0.2) is 0 Å². The SMILES string of the molecule is COc1ccccc1CNCC(C)N(C)C1CC1. The molecular formula is C15H24N2O. The third-order valence-corrected chi connectivity index (χ3v) is 3.77. The van der Waals surface area contributed by atoms with E-state index < -0.39 is 0 Å². The second kappa shape index (κ2) is 6.21. The number of rotatable bonds is 7. The van der Waals surface area contributed by atoms with Gasteiger partial charge in [0, 0.05) is 30.7 Å². The second-order valence-electron chi connectivity index (χ2n) is 5.19. The van der Waals surface area contributed by atoms with Crippen LogP contribution in [0.3, 0.4) is 0 Å². The van der Waals surface area contributed by atoms with Crippen LogP contribution in [0.15, 0.2) is 24.3 Å². The quantitative estimate of drug-likeness (QED) is 0.801. The highest BCUT2D eigenvalue weighted by Gasteiger charge is 2.28. The van der Waals surface area contributed by atoms with E-state index in [0.29, 0.717) is 6.04 Å². The van der Waals surface area contributed by atoms with Crippen molar-refractivity contribution < 1.29 is 4.74 Å². The van der Waals surface area contributed by atoms with Crippen molar-refractivity contribution in [1.82, 2.24) is 10.2 Å². The molecule has 1 aromatic rings. The second-order valence-corrected chi connectivity index (χ2v) is 5.19. The third kappa shape index (κ3) is 3.47. The molecule has 0 heterocycles. The van der Waals surface area contributed by atoms with E-state index >= 15 is 0 Å². The van der Waals surface area contributed by atoms with Crippen LogP contribution in [0.25, 0.3) is 0 Å².